The van der Waals surface area contributed by atoms with Crippen molar-refractivity contribution in [3.63, 3.8) is 0 Å². The van der Waals surface area contributed by atoms with Gasteiger partial charge in [-0.3, -0.25) is 0 Å². The SMILES string of the molecule is CCNC(=O)N1CCC(c2noc(COCc3ccccc3)n2)C1. The molecule has 1 aliphatic rings. The Labute approximate surface area is 141 Å². The molecule has 0 bridgehead atoms. The molecule has 1 aromatic carbocycles. The van der Waals surface area contributed by atoms with Crippen LogP contribution in [0.2, 0.25) is 0 Å². The lowest BCUT2D eigenvalue weighted by molar-refractivity contribution is 0.0850. The number of carbonyl (C=O) groups excluding carboxylic acids is 1. The fraction of sp³-hybridized carbons (Fsp3) is 0.471. The average Bonchev–Trinajstić information content (AvgIpc) is 3.25. The van der Waals surface area contributed by atoms with Crippen LogP contribution in [0.3, 0.4) is 0 Å². The number of hydrogen-bond donors (Lipinski definition) is 1. The highest BCUT2D eigenvalue weighted by molar-refractivity contribution is 5.74. The zero-order valence-corrected chi connectivity index (χ0v) is 13.8. The lowest BCUT2D eigenvalue weighted by atomic mass is 10.1. The summed E-state index contributed by atoms with van der Waals surface area (Å²) in [6, 6.07) is 9.91. The second-order valence-corrected chi connectivity index (χ2v) is 5.79. The predicted molar refractivity (Wildman–Crippen MR) is 87.2 cm³/mol. The largest absolute Gasteiger partial charge is 0.367 e. The first-order valence-electron chi connectivity index (χ1n) is 8.23. The summed E-state index contributed by atoms with van der Waals surface area (Å²) >= 11 is 0. The summed E-state index contributed by atoms with van der Waals surface area (Å²) in [5.41, 5.74) is 1.10. The van der Waals surface area contributed by atoms with Crippen molar-refractivity contribution in [1.82, 2.24) is 20.4 Å². The fourth-order valence-corrected chi connectivity index (χ4v) is 2.74. The van der Waals surface area contributed by atoms with Crippen molar-refractivity contribution in [2.24, 2.45) is 0 Å². The maximum absolute atomic E-state index is 11.8. The zero-order valence-electron chi connectivity index (χ0n) is 13.8. The molecule has 1 aliphatic heterocycles. The molecule has 3 rings (SSSR count). The van der Waals surface area contributed by atoms with Gasteiger partial charge in [-0.25, -0.2) is 4.79 Å². The second-order valence-electron chi connectivity index (χ2n) is 5.79. The van der Waals surface area contributed by atoms with E-state index in [0.717, 1.165) is 12.0 Å². The van der Waals surface area contributed by atoms with Crippen LogP contribution in [0.4, 0.5) is 4.79 Å². The van der Waals surface area contributed by atoms with Gasteiger partial charge in [0.05, 0.1) is 6.61 Å². The Kier molecular flexibility index (Phi) is 5.43. The van der Waals surface area contributed by atoms with Crippen LogP contribution in [0.25, 0.3) is 0 Å². The van der Waals surface area contributed by atoms with Crippen molar-refractivity contribution in [3.05, 3.63) is 47.6 Å². The van der Waals surface area contributed by atoms with E-state index in [-0.39, 0.29) is 18.6 Å². The zero-order chi connectivity index (χ0) is 16.8. The average molecular weight is 330 g/mol. The van der Waals surface area contributed by atoms with Crippen molar-refractivity contribution in [2.75, 3.05) is 19.6 Å². The van der Waals surface area contributed by atoms with Gasteiger partial charge in [0.1, 0.15) is 6.61 Å². The number of carbonyl (C=O) groups is 1. The Morgan fingerprint density at radius 1 is 1.38 bits per heavy atom. The number of nitrogens with zero attached hydrogens (tertiary/aromatic N) is 3. The van der Waals surface area contributed by atoms with Crippen LogP contribution < -0.4 is 5.32 Å². The minimum atomic E-state index is -0.0325. The van der Waals surface area contributed by atoms with Crippen molar-refractivity contribution >= 4 is 6.03 Å². The molecule has 0 aliphatic carbocycles. The topological polar surface area (TPSA) is 80.5 Å². The molecule has 1 saturated heterocycles. The van der Waals surface area contributed by atoms with E-state index in [1.807, 2.05) is 37.3 Å². The Hall–Kier alpha value is -2.41. The Morgan fingerprint density at radius 2 is 2.21 bits per heavy atom. The number of nitrogens with one attached hydrogen (secondary N) is 1. The van der Waals surface area contributed by atoms with E-state index in [1.165, 1.54) is 0 Å². The molecule has 1 unspecified atom stereocenters. The van der Waals surface area contributed by atoms with Crippen LogP contribution in [0, 0.1) is 0 Å². The number of urea groups is 1. The van der Waals surface area contributed by atoms with E-state index in [9.17, 15) is 4.79 Å². The van der Waals surface area contributed by atoms with E-state index >= 15 is 0 Å². The summed E-state index contributed by atoms with van der Waals surface area (Å²) in [4.78, 5) is 18.0. The van der Waals surface area contributed by atoms with Crippen LogP contribution in [-0.2, 0) is 18.0 Å². The summed E-state index contributed by atoms with van der Waals surface area (Å²) < 4.78 is 10.9. The molecule has 1 fully saturated rings. The standard InChI is InChI=1S/C17H22N4O3/c1-2-18-17(22)21-9-8-14(10-21)16-19-15(24-20-16)12-23-11-13-6-4-3-5-7-13/h3-7,14H,2,8-12H2,1H3,(H,18,22). The van der Waals surface area contributed by atoms with E-state index in [2.05, 4.69) is 15.5 Å². The molecule has 2 heterocycles. The van der Waals surface area contributed by atoms with Gasteiger partial charge in [-0.05, 0) is 18.9 Å². The third-order valence-corrected chi connectivity index (χ3v) is 3.99. The van der Waals surface area contributed by atoms with Crippen molar-refractivity contribution < 1.29 is 14.1 Å². The highest BCUT2D eigenvalue weighted by Gasteiger charge is 2.30. The summed E-state index contributed by atoms with van der Waals surface area (Å²) in [6.07, 6.45) is 0.848. The lowest BCUT2D eigenvalue weighted by Crippen LogP contribution is -2.38. The first-order chi connectivity index (χ1) is 11.8. The van der Waals surface area contributed by atoms with E-state index < -0.39 is 0 Å². The third kappa shape index (κ3) is 4.11. The molecule has 1 aromatic heterocycles. The first-order valence-corrected chi connectivity index (χ1v) is 8.23. The number of amides is 2. The molecule has 0 saturated carbocycles. The Balaban J connectivity index is 1.48. The van der Waals surface area contributed by atoms with Crippen LogP contribution in [0.15, 0.2) is 34.9 Å². The highest BCUT2D eigenvalue weighted by Crippen LogP contribution is 2.25. The summed E-state index contributed by atoms with van der Waals surface area (Å²) in [5, 5.41) is 6.85. The van der Waals surface area contributed by atoms with Crippen LogP contribution >= 0.6 is 0 Å². The van der Waals surface area contributed by atoms with Gasteiger partial charge in [0.15, 0.2) is 5.82 Å². The van der Waals surface area contributed by atoms with Crippen molar-refractivity contribution in [3.8, 4) is 0 Å². The number of aromatic nitrogens is 2. The third-order valence-electron chi connectivity index (χ3n) is 3.99. The van der Waals surface area contributed by atoms with Gasteiger partial charge in [0.2, 0.25) is 0 Å². The van der Waals surface area contributed by atoms with Crippen LogP contribution in [0.5, 0.6) is 0 Å². The molecular formula is C17H22N4O3. The lowest BCUT2D eigenvalue weighted by Gasteiger charge is -2.15. The van der Waals surface area contributed by atoms with Gasteiger partial charge in [-0.1, -0.05) is 35.5 Å². The highest BCUT2D eigenvalue weighted by atomic mass is 16.5. The fourth-order valence-electron chi connectivity index (χ4n) is 2.74. The maximum Gasteiger partial charge on any atom is 0.317 e. The second kappa shape index (κ2) is 7.92. The molecule has 1 N–H and O–H groups in total. The molecular weight excluding hydrogens is 308 g/mol. The van der Waals surface area contributed by atoms with Gasteiger partial charge in [0, 0.05) is 25.6 Å². The number of hydrogen-bond acceptors (Lipinski definition) is 5. The van der Waals surface area contributed by atoms with Crippen LogP contribution in [0.1, 0.15) is 36.5 Å². The van der Waals surface area contributed by atoms with Gasteiger partial charge in [0.25, 0.3) is 5.89 Å². The van der Waals surface area contributed by atoms with Crippen molar-refractivity contribution in [2.45, 2.75) is 32.5 Å². The van der Waals surface area contributed by atoms with Gasteiger partial charge in [-0.2, -0.15) is 4.98 Å². The Morgan fingerprint density at radius 3 is 3.00 bits per heavy atom. The maximum atomic E-state index is 11.8. The molecule has 0 spiro atoms. The molecule has 2 aromatic rings. The minimum Gasteiger partial charge on any atom is -0.367 e. The minimum absolute atomic E-state index is 0.0325. The summed E-state index contributed by atoms with van der Waals surface area (Å²) in [7, 11) is 0. The normalized spacial score (nSPS) is 17.2. The van der Waals surface area contributed by atoms with Gasteiger partial charge < -0.3 is 19.5 Å². The smallest absolute Gasteiger partial charge is 0.317 e. The number of likely N-dealkylation sites (tertiary alicyclic amines) is 1. The molecule has 24 heavy (non-hydrogen) atoms. The molecule has 7 heteroatoms. The molecule has 1 atom stereocenters. The van der Waals surface area contributed by atoms with E-state index in [4.69, 9.17) is 9.26 Å². The van der Waals surface area contributed by atoms with Crippen molar-refractivity contribution in [1.29, 1.82) is 0 Å². The predicted octanol–water partition coefficient (Wildman–Crippen LogP) is 2.31. The molecule has 7 nitrogen and oxygen atoms in total. The first kappa shape index (κ1) is 16.4. The molecule has 0 radical (unpaired) electrons. The quantitative estimate of drug-likeness (QED) is 0.879. The Bertz CT molecular complexity index is 659. The van der Waals surface area contributed by atoms with Crippen LogP contribution in [-0.4, -0.2) is 40.7 Å². The van der Waals surface area contributed by atoms with Gasteiger partial charge >= 0.3 is 6.03 Å². The summed E-state index contributed by atoms with van der Waals surface area (Å²) in [5.74, 6) is 1.25. The number of rotatable bonds is 6. The monoisotopic (exact) mass is 330 g/mol. The summed E-state index contributed by atoms with van der Waals surface area (Å²) in [6.45, 7) is 4.67. The van der Waals surface area contributed by atoms with Gasteiger partial charge in [-0.15, -0.1) is 0 Å². The molecule has 128 valence electrons. The number of benzene rings is 1. The van der Waals surface area contributed by atoms with E-state index in [0.29, 0.717) is 38.0 Å². The number of ether oxygens (including phenoxy) is 1. The van der Waals surface area contributed by atoms with E-state index in [1.54, 1.807) is 4.90 Å². The molecule has 2 amide bonds.